The standard InChI is InChI=1S/C16H18FNO/c1-12(9-13-5-7-15(17)8-6-13)18-11-14-3-2-4-16(19)10-14/h2-8,10,12,18-19H,9,11H2,1H3. The van der Waals surface area contributed by atoms with Crippen LogP contribution in [-0.2, 0) is 13.0 Å². The van der Waals surface area contributed by atoms with Gasteiger partial charge in [-0.05, 0) is 48.7 Å². The van der Waals surface area contributed by atoms with Crippen LogP contribution in [0.25, 0.3) is 0 Å². The molecule has 2 N–H and O–H groups in total. The van der Waals surface area contributed by atoms with Crippen LogP contribution in [0.4, 0.5) is 4.39 Å². The highest BCUT2D eigenvalue weighted by Crippen LogP contribution is 2.11. The van der Waals surface area contributed by atoms with E-state index in [2.05, 4.69) is 12.2 Å². The van der Waals surface area contributed by atoms with E-state index < -0.39 is 0 Å². The molecule has 0 aromatic heterocycles. The van der Waals surface area contributed by atoms with Crippen LogP contribution in [0.15, 0.2) is 48.5 Å². The lowest BCUT2D eigenvalue weighted by atomic mass is 10.1. The molecule has 100 valence electrons. The average molecular weight is 259 g/mol. The smallest absolute Gasteiger partial charge is 0.123 e. The fourth-order valence-corrected chi connectivity index (χ4v) is 2.00. The first kappa shape index (κ1) is 13.6. The molecule has 0 amide bonds. The second-order valence-corrected chi connectivity index (χ2v) is 4.78. The van der Waals surface area contributed by atoms with Crippen molar-refractivity contribution in [2.45, 2.75) is 25.9 Å². The number of rotatable bonds is 5. The number of nitrogens with one attached hydrogen (secondary N) is 1. The number of halogens is 1. The van der Waals surface area contributed by atoms with E-state index in [-0.39, 0.29) is 17.6 Å². The molecule has 2 aromatic carbocycles. The zero-order valence-corrected chi connectivity index (χ0v) is 10.9. The van der Waals surface area contributed by atoms with Gasteiger partial charge in [-0.1, -0.05) is 24.3 Å². The molecule has 19 heavy (non-hydrogen) atoms. The van der Waals surface area contributed by atoms with Crippen molar-refractivity contribution in [3.8, 4) is 5.75 Å². The Bertz CT molecular complexity index is 525. The highest BCUT2D eigenvalue weighted by molar-refractivity contribution is 5.27. The minimum Gasteiger partial charge on any atom is -0.508 e. The lowest BCUT2D eigenvalue weighted by Crippen LogP contribution is -2.27. The molecule has 3 heteroatoms. The van der Waals surface area contributed by atoms with Crippen molar-refractivity contribution in [3.05, 3.63) is 65.5 Å². The summed E-state index contributed by atoms with van der Waals surface area (Å²) >= 11 is 0. The van der Waals surface area contributed by atoms with Gasteiger partial charge < -0.3 is 10.4 Å². The Labute approximate surface area is 112 Å². The van der Waals surface area contributed by atoms with Gasteiger partial charge >= 0.3 is 0 Å². The van der Waals surface area contributed by atoms with Gasteiger partial charge in [0.1, 0.15) is 11.6 Å². The van der Waals surface area contributed by atoms with Crippen LogP contribution in [0.3, 0.4) is 0 Å². The van der Waals surface area contributed by atoms with Crippen molar-refractivity contribution in [1.29, 1.82) is 0 Å². The molecule has 0 fully saturated rings. The highest BCUT2D eigenvalue weighted by Gasteiger charge is 2.04. The maximum Gasteiger partial charge on any atom is 0.123 e. The molecule has 1 unspecified atom stereocenters. The van der Waals surface area contributed by atoms with E-state index in [9.17, 15) is 9.50 Å². The first-order chi connectivity index (χ1) is 9.13. The van der Waals surface area contributed by atoms with Crippen LogP contribution in [-0.4, -0.2) is 11.1 Å². The van der Waals surface area contributed by atoms with Gasteiger partial charge in [0.15, 0.2) is 0 Å². The quantitative estimate of drug-likeness (QED) is 0.864. The molecule has 1 atom stereocenters. The molecule has 0 spiro atoms. The van der Waals surface area contributed by atoms with Crippen LogP contribution < -0.4 is 5.32 Å². The summed E-state index contributed by atoms with van der Waals surface area (Å²) in [6.07, 6.45) is 0.846. The van der Waals surface area contributed by atoms with E-state index in [0.29, 0.717) is 6.54 Å². The monoisotopic (exact) mass is 259 g/mol. The number of hydrogen-bond donors (Lipinski definition) is 2. The minimum absolute atomic E-state index is 0.205. The molecule has 0 saturated carbocycles. The van der Waals surface area contributed by atoms with Gasteiger partial charge in [-0.25, -0.2) is 4.39 Å². The molecule has 0 aliphatic rings. The summed E-state index contributed by atoms with van der Waals surface area (Å²) < 4.78 is 12.8. The number of aromatic hydroxyl groups is 1. The Balaban J connectivity index is 1.84. The Morgan fingerprint density at radius 1 is 1.11 bits per heavy atom. The number of phenolic OH excluding ortho intramolecular Hbond substituents is 1. The second kappa shape index (κ2) is 6.34. The van der Waals surface area contributed by atoms with Crippen LogP contribution in [0.2, 0.25) is 0 Å². The van der Waals surface area contributed by atoms with E-state index in [1.54, 1.807) is 12.1 Å². The molecule has 2 nitrogen and oxygen atoms in total. The second-order valence-electron chi connectivity index (χ2n) is 4.78. The maximum absolute atomic E-state index is 12.8. The summed E-state index contributed by atoms with van der Waals surface area (Å²) in [6, 6.07) is 14.1. The minimum atomic E-state index is -0.205. The molecular weight excluding hydrogens is 241 g/mol. The summed E-state index contributed by atoms with van der Waals surface area (Å²) in [5.74, 6) is 0.0783. The zero-order chi connectivity index (χ0) is 13.7. The SMILES string of the molecule is CC(Cc1ccc(F)cc1)NCc1cccc(O)c1. The summed E-state index contributed by atoms with van der Waals surface area (Å²) in [4.78, 5) is 0. The van der Waals surface area contributed by atoms with Gasteiger partial charge in [-0.15, -0.1) is 0 Å². The molecule has 2 aromatic rings. The first-order valence-corrected chi connectivity index (χ1v) is 6.39. The van der Waals surface area contributed by atoms with Crippen molar-refractivity contribution in [2.24, 2.45) is 0 Å². The highest BCUT2D eigenvalue weighted by atomic mass is 19.1. The topological polar surface area (TPSA) is 32.3 Å². The number of hydrogen-bond acceptors (Lipinski definition) is 2. The predicted octanol–water partition coefficient (Wildman–Crippen LogP) is 3.25. The number of phenols is 1. The third-order valence-corrected chi connectivity index (χ3v) is 3.02. The Morgan fingerprint density at radius 3 is 2.53 bits per heavy atom. The molecular formula is C16H18FNO. The van der Waals surface area contributed by atoms with Crippen molar-refractivity contribution < 1.29 is 9.50 Å². The third kappa shape index (κ3) is 4.38. The van der Waals surface area contributed by atoms with Gasteiger partial charge in [0.05, 0.1) is 0 Å². The molecule has 2 rings (SSSR count). The lowest BCUT2D eigenvalue weighted by molar-refractivity contribution is 0.473. The lowest BCUT2D eigenvalue weighted by Gasteiger charge is -2.14. The van der Waals surface area contributed by atoms with Crippen LogP contribution in [0, 0.1) is 5.82 Å². The van der Waals surface area contributed by atoms with Crippen LogP contribution >= 0.6 is 0 Å². The summed E-state index contributed by atoms with van der Waals surface area (Å²) in [5, 5.41) is 12.8. The van der Waals surface area contributed by atoms with E-state index in [1.165, 1.54) is 12.1 Å². The largest absolute Gasteiger partial charge is 0.508 e. The molecule has 0 radical (unpaired) electrons. The molecule has 0 saturated heterocycles. The van der Waals surface area contributed by atoms with Gasteiger partial charge in [0.25, 0.3) is 0 Å². The molecule has 0 bridgehead atoms. The van der Waals surface area contributed by atoms with E-state index in [0.717, 1.165) is 17.5 Å². The van der Waals surface area contributed by atoms with Crippen LogP contribution in [0.1, 0.15) is 18.1 Å². The Morgan fingerprint density at radius 2 is 1.84 bits per heavy atom. The summed E-state index contributed by atoms with van der Waals surface area (Å²) in [5.41, 5.74) is 2.16. The Hall–Kier alpha value is -1.87. The fourth-order valence-electron chi connectivity index (χ4n) is 2.00. The maximum atomic E-state index is 12.8. The van der Waals surface area contributed by atoms with Crippen molar-refractivity contribution in [1.82, 2.24) is 5.32 Å². The average Bonchev–Trinajstić information content (AvgIpc) is 2.39. The molecule has 0 aliphatic carbocycles. The van der Waals surface area contributed by atoms with Crippen LogP contribution in [0.5, 0.6) is 5.75 Å². The Kier molecular flexibility index (Phi) is 4.53. The first-order valence-electron chi connectivity index (χ1n) is 6.39. The summed E-state index contributed by atoms with van der Waals surface area (Å²) in [6.45, 7) is 2.79. The van der Waals surface area contributed by atoms with Gasteiger partial charge in [-0.3, -0.25) is 0 Å². The number of benzene rings is 2. The predicted molar refractivity (Wildman–Crippen MR) is 74.5 cm³/mol. The van der Waals surface area contributed by atoms with E-state index in [4.69, 9.17) is 0 Å². The van der Waals surface area contributed by atoms with Gasteiger partial charge in [-0.2, -0.15) is 0 Å². The van der Waals surface area contributed by atoms with Crippen molar-refractivity contribution >= 4 is 0 Å². The molecule has 0 aliphatic heterocycles. The fraction of sp³-hybridized carbons (Fsp3) is 0.250. The van der Waals surface area contributed by atoms with Crippen molar-refractivity contribution in [3.63, 3.8) is 0 Å². The molecule has 0 heterocycles. The van der Waals surface area contributed by atoms with E-state index in [1.807, 2.05) is 24.3 Å². The summed E-state index contributed by atoms with van der Waals surface area (Å²) in [7, 11) is 0. The van der Waals surface area contributed by atoms with Gasteiger partial charge in [0.2, 0.25) is 0 Å². The van der Waals surface area contributed by atoms with E-state index >= 15 is 0 Å². The normalized spacial score (nSPS) is 12.3. The van der Waals surface area contributed by atoms with Crippen molar-refractivity contribution in [2.75, 3.05) is 0 Å². The zero-order valence-electron chi connectivity index (χ0n) is 10.9. The van der Waals surface area contributed by atoms with Gasteiger partial charge in [0, 0.05) is 12.6 Å². The third-order valence-electron chi connectivity index (χ3n) is 3.02.